The van der Waals surface area contributed by atoms with E-state index in [9.17, 15) is 0 Å². The van der Waals surface area contributed by atoms with Crippen molar-refractivity contribution in [2.45, 2.75) is 101 Å². The second-order valence-electron chi connectivity index (χ2n) is 9.52. The number of imidazole rings is 1. The van der Waals surface area contributed by atoms with E-state index in [1.54, 1.807) is 0 Å². The van der Waals surface area contributed by atoms with E-state index >= 15 is 0 Å². The predicted octanol–water partition coefficient (Wildman–Crippen LogP) is 6.18. The third kappa shape index (κ3) is 7.43. The quantitative estimate of drug-likeness (QED) is 0.546. The monoisotopic (exact) mass is 388 g/mol. The molecule has 23 heavy (non-hydrogen) atoms. The van der Waals surface area contributed by atoms with E-state index < -0.39 is 0 Å². The van der Waals surface area contributed by atoms with E-state index in [2.05, 4.69) is 99.4 Å². The van der Waals surface area contributed by atoms with Crippen LogP contribution in [0.5, 0.6) is 0 Å². The van der Waals surface area contributed by atoms with E-state index in [-0.39, 0.29) is 5.54 Å². The van der Waals surface area contributed by atoms with Gasteiger partial charge in [-0.3, -0.25) is 0 Å². The van der Waals surface area contributed by atoms with Crippen molar-refractivity contribution < 1.29 is 0 Å². The molecule has 0 saturated carbocycles. The van der Waals surface area contributed by atoms with Gasteiger partial charge in [-0.25, -0.2) is 0 Å². The number of aromatic nitrogens is 2. The third-order valence-electron chi connectivity index (χ3n) is 3.80. The molecule has 136 valence electrons. The first-order valence-electron chi connectivity index (χ1n) is 9.03. The van der Waals surface area contributed by atoms with Crippen LogP contribution in [0.15, 0.2) is 12.4 Å². The minimum atomic E-state index is 0.117. The van der Waals surface area contributed by atoms with Crippen LogP contribution >= 0.6 is 0 Å². The fourth-order valence-corrected chi connectivity index (χ4v) is 4.71. The van der Waals surface area contributed by atoms with Crippen molar-refractivity contribution in [3.05, 3.63) is 16.7 Å². The summed E-state index contributed by atoms with van der Waals surface area (Å²) in [5, 5.41) is 0. The van der Waals surface area contributed by atoms with E-state index in [1.165, 1.54) is 10.7 Å². The molecular weight excluding hydrogens is 347 g/mol. The van der Waals surface area contributed by atoms with Crippen LogP contribution in [0.4, 0.5) is 0 Å². The van der Waals surface area contributed by atoms with Gasteiger partial charge in [0.25, 0.3) is 0 Å². The van der Waals surface area contributed by atoms with E-state index in [1.807, 2.05) is 13.8 Å². The Kier molecular flexibility index (Phi) is 8.11. The molecule has 0 aliphatic heterocycles. The summed E-state index contributed by atoms with van der Waals surface area (Å²) in [6, 6.07) is 0.507. The second kappa shape index (κ2) is 8.21. The molecule has 0 fully saturated rings. The predicted molar refractivity (Wildman–Crippen MR) is 105 cm³/mol. The van der Waals surface area contributed by atoms with Gasteiger partial charge in [-0.1, -0.05) is 13.8 Å². The molecule has 1 unspecified atom stereocenters. The van der Waals surface area contributed by atoms with Gasteiger partial charge in [0.05, 0.1) is 0 Å². The number of hydrogen-bond acceptors (Lipinski definition) is 0. The molecule has 0 aromatic carbocycles. The normalized spacial score (nSPS) is 14.2. The molecule has 1 aromatic heterocycles. The second-order valence-corrected chi connectivity index (χ2v) is 10.3. The number of hydrogen-bond donors (Lipinski definition) is 0. The van der Waals surface area contributed by atoms with Gasteiger partial charge < -0.3 is 0 Å². The van der Waals surface area contributed by atoms with Gasteiger partial charge in [0.15, 0.2) is 0 Å². The minimum absolute atomic E-state index is 0.117. The molecule has 0 aliphatic carbocycles. The zero-order chi connectivity index (χ0) is 18.6. The van der Waals surface area contributed by atoms with Crippen molar-refractivity contribution in [3.8, 4) is 0 Å². The van der Waals surface area contributed by atoms with Crippen LogP contribution in [0.3, 0.4) is 0 Å². The molecule has 0 bridgehead atoms. The fourth-order valence-electron chi connectivity index (χ4n) is 3.55. The van der Waals surface area contributed by atoms with E-state index in [0.29, 0.717) is 16.9 Å². The maximum absolute atomic E-state index is 3.30. The summed E-state index contributed by atoms with van der Waals surface area (Å²) in [7, 11) is 0. The SMILES string of the molecule is CC.CC(CC(C)(C)C)n1ccn(C(C)(C)CC(C)(C)C)c1=[Se]. The molecule has 0 N–H and O–H groups in total. The Morgan fingerprint density at radius 1 is 0.913 bits per heavy atom. The fraction of sp³-hybridized carbons (Fsp3) is 0.850. The zero-order valence-corrected chi connectivity index (χ0v) is 19.2. The van der Waals surface area contributed by atoms with Gasteiger partial charge in [-0.2, -0.15) is 0 Å². The molecule has 0 aliphatic rings. The Bertz CT molecular complexity index is 521. The molecular formula is C20H40N2Se. The molecule has 0 amide bonds. The van der Waals surface area contributed by atoms with Gasteiger partial charge in [0.2, 0.25) is 0 Å². The van der Waals surface area contributed by atoms with E-state index in [4.69, 9.17) is 0 Å². The summed E-state index contributed by atoms with van der Waals surface area (Å²) < 4.78 is 6.02. The summed E-state index contributed by atoms with van der Waals surface area (Å²) >= 11 is 3.30. The maximum atomic E-state index is 3.30. The van der Waals surface area contributed by atoms with Gasteiger partial charge in [-0.05, 0) is 0 Å². The van der Waals surface area contributed by atoms with Crippen molar-refractivity contribution in [2.24, 2.45) is 10.8 Å². The number of rotatable bonds is 4. The van der Waals surface area contributed by atoms with Gasteiger partial charge in [-0.15, -0.1) is 0 Å². The first kappa shape index (κ1) is 22.7. The van der Waals surface area contributed by atoms with Gasteiger partial charge in [0.1, 0.15) is 0 Å². The molecule has 0 radical (unpaired) electrons. The Morgan fingerprint density at radius 2 is 1.39 bits per heavy atom. The Hall–Kier alpha value is -0.271. The first-order chi connectivity index (χ1) is 10.2. The summed E-state index contributed by atoms with van der Waals surface area (Å²) in [5.41, 5.74) is 0.787. The molecule has 1 rings (SSSR count). The summed E-state index contributed by atoms with van der Waals surface area (Å²) in [5.74, 6) is 0. The topological polar surface area (TPSA) is 9.86 Å². The van der Waals surface area contributed by atoms with E-state index in [0.717, 1.165) is 6.42 Å². The Morgan fingerprint density at radius 3 is 1.78 bits per heavy atom. The van der Waals surface area contributed by atoms with Crippen molar-refractivity contribution in [1.82, 2.24) is 9.13 Å². The van der Waals surface area contributed by atoms with Crippen molar-refractivity contribution >= 4 is 15.6 Å². The Labute approximate surface area is 153 Å². The molecule has 1 heterocycles. The van der Waals surface area contributed by atoms with Crippen LogP contribution in [0, 0.1) is 15.2 Å². The summed E-state index contributed by atoms with van der Waals surface area (Å²) in [4.78, 5) is 0. The molecule has 2 nitrogen and oxygen atoms in total. The zero-order valence-electron chi connectivity index (χ0n) is 17.4. The molecule has 0 saturated heterocycles. The van der Waals surface area contributed by atoms with Crippen LogP contribution in [0.2, 0.25) is 0 Å². The van der Waals surface area contributed by atoms with Crippen LogP contribution in [0.25, 0.3) is 0 Å². The molecule has 3 heteroatoms. The van der Waals surface area contributed by atoms with Crippen LogP contribution in [-0.4, -0.2) is 24.7 Å². The van der Waals surface area contributed by atoms with Crippen molar-refractivity contribution in [1.29, 1.82) is 0 Å². The third-order valence-corrected chi connectivity index (χ3v) is 4.66. The van der Waals surface area contributed by atoms with Crippen molar-refractivity contribution in [3.63, 3.8) is 0 Å². The van der Waals surface area contributed by atoms with Gasteiger partial charge in [0, 0.05) is 0 Å². The summed E-state index contributed by atoms with van der Waals surface area (Å²) in [6.45, 7) is 24.8. The molecule has 1 atom stereocenters. The average molecular weight is 388 g/mol. The number of nitrogens with zero attached hydrogens (tertiary/aromatic N) is 2. The Balaban J connectivity index is 0.00000232. The molecule has 1 aromatic rings. The van der Waals surface area contributed by atoms with Crippen LogP contribution < -0.4 is 0 Å². The van der Waals surface area contributed by atoms with Crippen LogP contribution in [-0.2, 0) is 5.54 Å². The van der Waals surface area contributed by atoms with Crippen molar-refractivity contribution in [2.75, 3.05) is 0 Å². The summed E-state index contributed by atoms with van der Waals surface area (Å²) in [6.07, 6.45) is 6.79. The molecule has 0 spiro atoms. The van der Waals surface area contributed by atoms with Gasteiger partial charge >= 0.3 is 139 Å². The first-order valence-corrected chi connectivity index (χ1v) is 9.89. The standard InChI is InChI=1S/C18H34N2Se.C2H6/c1-14(12-16(2,3)4)19-10-11-20(15(19)21)18(8,9)13-17(5,6)7;1-2/h10-11,14H,12-13H2,1-9H3;1-2H3. The average Bonchev–Trinajstić information content (AvgIpc) is 2.69. The van der Waals surface area contributed by atoms with Crippen LogP contribution in [0.1, 0.15) is 95.0 Å².